The van der Waals surface area contributed by atoms with E-state index in [2.05, 4.69) is 39.8 Å². The molecule has 2 heterocycles. The number of nitrogens with two attached hydrogens (primary N) is 1. The number of para-hydroxylation sites is 1. The van der Waals surface area contributed by atoms with E-state index in [-0.39, 0.29) is 23.3 Å². The van der Waals surface area contributed by atoms with Crippen LogP contribution in [-0.2, 0) is 4.74 Å². The maximum Gasteiger partial charge on any atom is 0.349 e. The molecule has 0 atom stereocenters. The Morgan fingerprint density at radius 2 is 1.54 bits per heavy atom. The topological polar surface area (TPSA) is 71.2 Å². The number of benzene rings is 2. The molecule has 2 fully saturated rings. The normalized spacial score (nSPS) is 23.0. The molecule has 0 bridgehead atoms. The highest BCUT2D eigenvalue weighted by Crippen LogP contribution is 2.42. The van der Waals surface area contributed by atoms with Gasteiger partial charge in [-0.2, -0.15) is 5.10 Å². The third-order valence-corrected chi connectivity index (χ3v) is 7.52. The van der Waals surface area contributed by atoms with Crippen LogP contribution in [0, 0.1) is 5.92 Å². The third kappa shape index (κ3) is 4.81. The molecule has 0 radical (unpaired) electrons. The van der Waals surface area contributed by atoms with Gasteiger partial charge in [0.15, 0.2) is 0 Å². The molecule has 0 aromatic heterocycles. The molecular weight excluding hydrogens is 436 g/mol. The number of nitrogen functional groups attached to an aromatic ring is 1. The van der Waals surface area contributed by atoms with E-state index in [1.165, 1.54) is 19.3 Å². The molecule has 6 nitrogen and oxygen atoms in total. The second-order valence-corrected chi connectivity index (χ2v) is 11.6. The number of hydrogen-bond donors (Lipinski definition) is 1. The van der Waals surface area contributed by atoms with Gasteiger partial charge in [-0.3, -0.25) is 4.90 Å². The summed E-state index contributed by atoms with van der Waals surface area (Å²) in [6.45, 7) is 8.45. The predicted molar refractivity (Wildman–Crippen MR) is 142 cm³/mol. The fourth-order valence-corrected chi connectivity index (χ4v) is 6.30. The number of ether oxygens (including phenoxy) is 1. The molecule has 3 aliphatic rings. The summed E-state index contributed by atoms with van der Waals surface area (Å²) < 4.78 is 6.36. The van der Waals surface area contributed by atoms with Gasteiger partial charge in [0.05, 0.1) is 34.3 Å². The van der Waals surface area contributed by atoms with E-state index < -0.39 is 0 Å². The third-order valence-electron chi connectivity index (χ3n) is 7.52. The van der Waals surface area contributed by atoms with Crippen molar-refractivity contribution in [3.63, 3.8) is 0 Å². The smallest absolute Gasteiger partial charge is 0.349 e. The molecule has 1 saturated carbocycles. The quantitative estimate of drug-likeness (QED) is 0.494. The Bertz CT molecular complexity index is 1100. The molecule has 35 heavy (non-hydrogen) atoms. The largest absolute Gasteiger partial charge is 0.399 e. The zero-order valence-electron chi connectivity index (χ0n) is 21.5. The molecule has 0 spiro atoms. The van der Waals surface area contributed by atoms with Crippen molar-refractivity contribution in [2.24, 2.45) is 11.0 Å². The van der Waals surface area contributed by atoms with Crippen LogP contribution in [0.2, 0.25) is 0 Å². The Morgan fingerprint density at radius 3 is 2.20 bits per heavy atom. The number of rotatable bonds is 3. The Hall–Kier alpha value is -2.86. The number of hydrogen-bond acceptors (Lipinski definition) is 4. The molecule has 2 amide bonds. The van der Waals surface area contributed by atoms with Crippen LogP contribution in [0.1, 0.15) is 78.2 Å². The molecule has 2 aromatic rings. The monoisotopic (exact) mass is 474 g/mol. The highest BCUT2D eigenvalue weighted by Gasteiger charge is 2.45. The summed E-state index contributed by atoms with van der Waals surface area (Å²) in [6, 6.07) is 15.6. The summed E-state index contributed by atoms with van der Waals surface area (Å²) in [5.41, 5.74) is 9.76. The molecule has 0 unspecified atom stereocenters. The summed E-state index contributed by atoms with van der Waals surface area (Å²) in [6.07, 6.45) is 7.38. The lowest BCUT2D eigenvalue weighted by molar-refractivity contribution is -0.172. The van der Waals surface area contributed by atoms with Crippen molar-refractivity contribution in [1.29, 1.82) is 0 Å². The lowest BCUT2D eigenvalue weighted by atomic mass is 9.82. The van der Waals surface area contributed by atoms with Crippen LogP contribution in [-0.4, -0.2) is 34.0 Å². The minimum atomic E-state index is -0.349. The number of fused-ring (bicyclic) bond motifs is 1. The number of hydrazone groups is 1. The van der Waals surface area contributed by atoms with Crippen molar-refractivity contribution in [3.8, 4) is 0 Å². The van der Waals surface area contributed by atoms with E-state index in [0.717, 1.165) is 48.3 Å². The fourth-order valence-electron chi connectivity index (χ4n) is 6.30. The van der Waals surface area contributed by atoms with Crippen LogP contribution in [0.15, 0.2) is 53.6 Å². The van der Waals surface area contributed by atoms with E-state index in [1.54, 1.807) is 5.01 Å². The fraction of sp³-hybridized carbons (Fsp3) is 0.517. The van der Waals surface area contributed by atoms with Crippen LogP contribution >= 0.6 is 0 Å². The Labute approximate surface area is 209 Å². The van der Waals surface area contributed by atoms with E-state index in [1.807, 2.05) is 41.3 Å². The van der Waals surface area contributed by atoms with Crippen LogP contribution in [0.5, 0.6) is 0 Å². The van der Waals surface area contributed by atoms with Crippen molar-refractivity contribution < 1.29 is 9.53 Å². The molecule has 2 N–H and O–H groups in total. The van der Waals surface area contributed by atoms with Gasteiger partial charge in [-0.15, -0.1) is 0 Å². The van der Waals surface area contributed by atoms with Crippen molar-refractivity contribution in [2.75, 3.05) is 10.6 Å². The van der Waals surface area contributed by atoms with E-state index in [9.17, 15) is 4.79 Å². The van der Waals surface area contributed by atoms with E-state index in [4.69, 9.17) is 15.6 Å². The van der Waals surface area contributed by atoms with Gasteiger partial charge in [-0.1, -0.05) is 37.5 Å². The number of nitrogens with zero attached hydrogens (tertiary/aromatic N) is 3. The van der Waals surface area contributed by atoms with Gasteiger partial charge < -0.3 is 10.5 Å². The zero-order chi connectivity index (χ0) is 24.8. The first-order valence-electron chi connectivity index (χ1n) is 13.0. The second kappa shape index (κ2) is 8.98. The summed E-state index contributed by atoms with van der Waals surface area (Å²) in [7, 11) is 0. The average molecular weight is 475 g/mol. The lowest BCUT2D eigenvalue weighted by Crippen LogP contribution is -2.54. The highest BCUT2D eigenvalue weighted by atomic mass is 16.5. The number of amides is 2. The van der Waals surface area contributed by atoms with Gasteiger partial charge in [0.25, 0.3) is 0 Å². The predicted octanol–water partition coefficient (Wildman–Crippen LogP) is 6.86. The standard InChI is InChI=1S/C29H38N4O2/c1-28(2)18-23(19-29(3,4)35-28)33-27(34)32(22-16-14-21(30)15-17-22)25-13-9-8-12-24(25)26(31-33)20-10-6-5-7-11-20/h8-9,12-17,20,23H,5-7,10-11,18-19,30H2,1-4H3. The first kappa shape index (κ1) is 23.9. The zero-order valence-corrected chi connectivity index (χ0v) is 21.5. The highest BCUT2D eigenvalue weighted by molar-refractivity contribution is 6.13. The first-order chi connectivity index (χ1) is 16.6. The van der Waals surface area contributed by atoms with Crippen molar-refractivity contribution in [1.82, 2.24) is 5.01 Å². The van der Waals surface area contributed by atoms with Crippen LogP contribution < -0.4 is 10.6 Å². The van der Waals surface area contributed by atoms with Crippen LogP contribution in [0.25, 0.3) is 0 Å². The second-order valence-electron chi connectivity index (χ2n) is 11.6. The van der Waals surface area contributed by atoms with Crippen LogP contribution in [0.3, 0.4) is 0 Å². The summed E-state index contributed by atoms with van der Waals surface area (Å²) in [5, 5.41) is 7.03. The molecule has 2 aliphatic heterocycles. The lowest BCUT2D eigenvalue weighted by Gasteiger charge is -2.47. The SMILES string of the molecule is CC1(C)CC(N2N=C(C3CCCCC3)c3ccccc3N(c3ccc(N)cc3)C2=O)CC(C)(C)O1. The van der Waals surface area contributed by atoms with Gasteiger partial charge in [-0.05, 0) is 83.7 Å². The molecule has 2 aromatic carbocycles. The van der Waals surface area contributed by atoms with Gasteiger partial charge >= 0.3 is 6.03 Å². The molecule has 1 aliphatic carbocycles. The minimum Gasteiger partial charge on any atom is -0.399 e. The van der Waals surface area contributed by atoms with Gasteiger partial charge in [0.2, 0.25) is 0 Å². The molecule has 5 rings (SSSR count). The van der Waals surface area contributed by atoms with Crippen molar-refractivity contribution >= 4 is 28.8 Å². The maximum absolute atomic E-state index is 14.4. The van der Waals surface area contributed by atoms with Gasteiger partial charge in [-0.25, -0.2) is 9.80 Å². The van der Waals surface area contributed by atoms with Crippen LogP contribution in [0.4, 0.5) is 21.9 Å². The van der Waals surface area contributed by atoms with E-state index in [0.29, 0.717) is 11.6 Å². The average Bonchev–Trinajstić information content (AvgIpc) is 2.93. The number of anilines is 3. The number of carbonyl (C=O) groups excluding carboxylic acids is 1. The van der Waals surface area contributed by atoms with Gasteiger partial charge in [0, 0.05) is 17.2 Å². The maximum atomic E-state index is 14.4. The molecule has 6 heteroatoms. The first-order valence-corrected chi connectivity index (χ1v) is 13.0. The molecular formula is C29H38N4O2. The van der Waals surface area contributed by atoms with E-state index >= 15 is 0 Å². The summed E-state index contributed by atoms with van der Waals surface area (Å²) in [4.78, 5) is 16.2. The summed E-state index contributed by atoms with van der Waals surface area (Å²) >= 11 is 0. The minimum absolute atomic E-state index is 0.0644. The Kier molecular flexibility index (Phi) is 6.12. The Balaban J connectivity index is 1.67. The number of urea groups is 1. The summed E-state index contributed by atoms with van der Waals surface area (Å²) in [5.74, 6) is 0.354. The Morgan fingerprint density at radius 1 is 0.914 bits per heavy atom. The van der Waals surface area contributed by atoms with Crippen molar-refractivity contribution in [2.45, 2.75) is 89.9 Å². The number of carbonyl (C=O) groups is 1. The molecule has 1 saturated heterocycles. The van der Waals surface area contributed by atoms with Crippen molar-refractivity contribution in [3.05, 3.63) is 54.1 Å². The molecule has 186 valence electrons. The van der Waals surface area contributed by atoms with Gasteiger partial charge in [0.1, 0.15) is 0 Å².